The SMILES string of the molecule is CCCC(CC(=O)O)N1CC2(CCOCC2)C1. The van der Waals surface area contributed by atoms with Gasteiger partial charge in [-0.05, 0) is 19.3 Å². The summed E-state index contributed by atoms with van der Waals surface area (Å²) in [5.41, 5.74) is 0.447. The van der Waals surface area contributed by atoms with Crippen molar-refractivity contribution < 1.29 is 14.6 Å². The lowest BCUT2D eigenvalue weighted by molar-refractivity contribution is -0.142. The van der Waals surface area contributed by atoms with Crippen LogP contribution >= 0.6 is 0 Å². The highest BCUT2D eigenvalue weighted by molar-refractivity contribution is 5.67. The van der Waals surface area contributed by atoms with Crippen molar-refractivity contribution in [3.05, 3.63) is 0 Å². The maximum Gasteiger partial charge on any atom is 0.304 e. The maximum absolute atomic E-state index is 10.9. The molecule has 0 amide bonds. The number of carbonyl (C=O) groups is 1. The number of aliphatic carboxylic acids is 1. The van der Waals surface area contributed by atoms with Crippen molar-refractivity contribution in [1.82, 2.24) is 4.90 Å². The average Bonchev–Trinajstić information content (AvgIpc) is 2.26. The van der Waals surface area contributed by atoms with Gasteiger partial charge in [0.2, 0.25) is 0 Å². The Hall–Kier alpha value is -0.610. The minimum Gasteiger partial charge on any atom is -0.481 e. The van der Waals surface area contributed by atoms with Gasteiger partial charge in [-0.15, -0.1) is 0 Å². The first kappa shape index (κ1) is 12.8. The summed E-state index contributed by atoms with van der Waals surface area (Å²) >= 11 is 0. The third kappa shape index (κ3) is 2.99. The molecule has 0 aromatic heterocycles. The van der Waals surface area contributed by atoms with E-state index >= 15 is 0 Å². The summed E-state index contributed by atoms with van der Waals surface area (Å²) in [6.45, 7) is 6.04. The number of carboxylic acid groups (broad SMARTS) is 1. The number of ether oxygens (including phenoxy) is 1. The van der Waals surface area contributed by atoms with E-state index in [1.165, 1.54) is 0 Å². The van der Waals surface area contributed by atoms with Crippen LogP contribution in [0.2, 0.25) is 0 Å². The molecule has 0 aromatic rings. The van der Waals surface area contributed by atoms with E-state index in [1.54, 1.807) is 0 Å². The highest BCUT2D eigenvalue weighted by Crippen LogP contribution is 2.41. The van der Waals surface area contributed by atoms with Gasteiger partial charge in [0, 0.05) is 37.8 Å². The van der Waals surface area contributed by atoms with Crippen molar-refractivity contribution in [3.63, 3.8) is 0 Å². The molecule has 0 bridgehead atoms. The van der Waals surface area contributed by atoms with Gasteiger partial charge in [-0.3, -0.25) is 9.69 Å². The van der Waals surface area contributed by atoms with Gasteiger partial charge in [0.15, 0.2) is 0 Å². The van der Waals surface area contributed by atoms with Gasteiger partial charge in [0.05, 0.1) is 6.42 Å². The van der Waals surface area contributed by atoms with Gasteiger partial charge in [0.25, 0.3) is 0 Å². The highest BCUT2D eigenvalue weighted by atomic mass is 16.5. The first-order chi connectivity index (χ1) is 8.15. The first-order valence-corrected chi connectivity index (χ1v) is 6.69. The van der Waals surface area contributed by atoms with E-state index in [0.29, 0.717) is 11.8 Å². The second-order valence-electron chi connectivity index (χ2n) is 5.56. The Morgan fingerprint density at radius 1 is 1.41 bits per heavy atom. The quantitative estimate of drug-likeness (QED) is 0.796. The van der Waals surface area contributed by atoms with Crippen LogP contribution in [0.1, 0.15) is 39.0 Å². The van der Waals surface area contributed by atoms with Gasteiger partial charge < -0.3 is 9.84 Å². The number of nitrogens with zero attached hydrogens (tertiary/aromatic N) is 1. The van der Waals surface area contributed by atoms with Gasteiger partial charge in [-0.25, -0.2) is 0 Å². The number of hydrogen-bond donors (Lipinski definition) is 1. The number of hydrogen-bond acceptors (Lipinski definition) is 3. The Bertz CT molecular complexity index is 266. The molecule has 2 rings (SSSR count). The third-order valence-electron chi connectivity index (χ3n) is 4.18. The van der Waals surface area contributed by atoms with Crippen LogP contribution in [0.15, 0.2) is 0 Å². The molecule has 1 unspecified atom stereocenters. The standard InChI is InChI=1S/C13H23NO3/c1-2-3-11(8-12(15)16)14-9-13(10-14)4-6-17-7-5-13/h11H,2-10H2,1H3,(H,15,16). The molecule has 2 saturated heterocycles. The minimum atomic E-state index is -0.670. The number of rotatable bonds is 5. The van der Waals surface area contributed by atoms with Crippen LogP contribution in [-0.2, 0) is 9.53 Å². The van der Waals surface area contributed by atoms with Crippen molar-refractivity contribution in [2.24, 2.45) is 5.41 Å². The van der Waals surface area contributed by atoms with Crippen LogP contribution in [0.4, 0.5) is 0 Å². The number of likely N-dealkylation sites (tertiary alicyclic amines) is 1. The lowest BCUT2D eigenvalue weighted by Gasteiger charge is -2.55. The van der Waals surface area contributed by atoms with Crippen molar-refractivity contribution >= 4 is 5.97 Å². The molecule has 4 nitrogen and oxygen atoms in total. The van der Waals surface area contributed by atoms with Gasteiger partial charge in [0.1, 0.15) is 0 Å². The summed E-state index contributed by atoms with van der Waals surface area (Å²) in [6, 6.07) is 0.242. The molecule has 1 spiro atoms. The molecule has 0 saturated carbocycles. The minimum absolute atomic E-state index is 0.242. The summed E-state index contributed by atoms with van der Waals surface area (Å²) in [6.07, 6.45) is 4.65. The van der Waals surface area contributed by atoms with E-state index in [9.17, 15) is 4.79 Å². The molecule has 0 aromatic carbocycles. The molecular formula is C13H23NO3. The fourth-order valence-corrected chi connectivity index (χ4v) is 3.14. The van der Waals surface area contributed by atoms with Crippen LogP contribution in [0.25, 0.3) is 0 Å². The molecule has 2 aliphatic rings. The Morgan fingerprint density at radius 2 is 2.06 bits per heavy atom. The maximum atomic E-state index is 10.9. The molecule has 1 N–H and O–H groups in total. The summed E-state index contributed by atoms with van der Waals surface area (Å²) in [5.74, 6) is -0.670. The molecule has 98 valence electrons. The molecular weight excluding hydrogens is 218 g/mol. The molecule has 2 aliphatic heterocycles. The first-order valence-electron chi connectivity index (χ1n) is 6.69. The molecule has 4 heteroatoms. The van der Waals surface area contributed by atoms with Gasteiger partial charge in [-0.2, -0.15) is 0 Å². The monoisotopic (exact) mass is 241 g/mol. The summed E-state index contributed by atoms with van der Waals surface area (Å²) in [4.78, 5) is 13.2. The zero-order valence-electron chi connectivity index (χ0n) is 10.7. The van der Waals surface area contributed by atoms with Crippen molar-refractivity contribution in [3.8, 4) is 0 Å². The zero-order chi connectivity index (χ0) is 12.3. The van der Waals surface area contributed by atoms with Crippen molar-refractivity contribution in [2.45, 2.75) is 45.1 Å². The van der Waals surface area contributed by atoms with E-state index < -0.39 is 5.97 Å². The van der Waals surface area contributed by atoms with E-state index in [4.69, 9.17) is 9.84 Å². The van der Waals surface area contributed by atoms with Crippen LogP contribution < -0.4 is 0 Å². The molecule has 2 fully saturated rings. The Balaban J connectivity index is 1.84. The largest absolute Gasteiger partial charge is 0.481 e. The summed E-state index contributed by atoms with van der Waals surface area (Å²) in [5, 5.41) is 8.93. The Kier molecular flexibility index (Phi) is 4.05. The summed E-state index contributed by atoms with van der Waals surface area (Å²) < 4.78 is 5.40. The van der Waals surface area contributed by atoms with Crippen molar-refractivity contribution in [2.75, 3.05) is 26.3 Å². The normalized spacial score (nSPS) is 25.5. The zero-order valence-corrected chi connectivity index (χ0v) is 10.7. The molecule has 17 heavy (non-hydrogen) atoms. The van der Waals surface area contributed by atoms with Gasteiger partial charge in [-0.1, -0.05) is 13.3 Å². The van der Waals surface area contributed by atoms with E-state index in [2.05, 4.69) is 11.8 Å². The molecule has 0 radical (unpaired) electrons. The Labute approximate surface area is 103 Å². The second kappa shape index (κ2) is 5.36. The third-order valence-corrected chi connectivity index (χ3v) is 4.18. The lowest BCUT2D eigenvalue weighted by atomic mass is 9.72. The van der Waals surface area contributed by atoms with Crippen molar-refractivity contribution in [1.29, 1.82) is 0 Å². The van der Waals surface area contributed by atoms with Gasteiger partial charge >= 0.3 is 5.97 Å². The average molecular weight is 241 g/mol. The smallest absolute Gasteiger partial charge is 0.304 e. The van der Waals surface area contributed by atoms with Crippen LogP contribution in [0.5, 0.6) is 0 Å². The fraction of sp³-hybridized carbons (Fsp3) is 0.923. The summed E-state index contributed by atoms with van der Waals surface area (Å²) in [7, 11) is 0. The molecule has 1 atom stereocenters. The van der Waals surface area contributed by atoms with Crippen LogP contribution in [-0.4, -0.2) is 48.3 Å². The second-order valence-corrected chi connectivity index (χ2v) is 5.56. The fourth-order valence-electron chi connectivity index (χ4n) is 3.14. The molecule has 2 heterocycles. The highest BCUT2D eigenvalue weighted by Gasteiger charge is 2.45. The topological polar surface area (TPSA) is 49.8 Å². The predicted molar refractivity (Wildman–Crippen MR) is 65.0 cm³/mol. The molecule has 0 aliphatic carbocycles. The Morgan fingerprint density at radius 3 is 2.59 bits per heavy atom. The van der Waals surface area contributed by atoms with E-state index in [-0.39, 0.29) is 6.04 Å². The number of carboxylic acids is 1. The van der Waals surface area contributed by atoms with Crippen LogP contribution in [0, 0.1) is 5.41 Å². The van der Waals surface area contributed by atoms with E-state index in [1.807, 2.05) is 0 Å². The predicted octanol–water partition coefficient (Wildman–Crippen LogP) is 1.74. The van der Waals surface area contributed by atoms with E-state index in [0.717, 1.165) is 52.0 Å². The van der Waals surface area contributed by atoms with Crippen LogP contribution in [0.3, 0.4) is 0 Å². The lowest BCUT2D eigenvalue weighted by Crippen LogP contribution is -2.61.